The molecule has 0 spiro atoms. The topological polar surface area (TPSA) is 134 Å². The fourth-order valence-electron chi connectivity index (χ4n) is 2.98. The average molecular weight is 422 g/mol. The van der Waals surface area contributed by atoms with Crippen molar-refractivity contribution in [2.75, 3.05) is 0 Å². The number of alkyl carbamates (subject to hydrolysis) is 1. The molecule has 162 valence electrons. The third-order valence-electron chi connectivity index (χ3n) is 4.69. The summed E-state index contributed by atoms with van der Waals surface area (Å²) in [4.78, 5) is 37.0. The monoisotopic (exact) mass is 422 g/mol. The third kappa shape index (κ3) is 7.82. The number of carbonyl (C=O) groups excluding carboxylic acids is 3. The number of hydrogen-bond donors (Lipinski definition) is 3. The molecule has 0 fully saturated rings. The summed E-state index contributed by atoms with van der Waals surface area (Å²) < 4.78 is 5.22. The molecule has 2 rings (SSSR count). The van der Waals surface area contributed by atoms with Crippen LogP contribution in [-0.2, 0) is 27.4 Å². The van der Waals surface area contributed by atoms with E-state index in [4.69, 9.17) is 15.7 Å². The van der Waals surface area contributed by atoms with Crippen molar-refractivity contribution in [2.45, 2.75) is 38.5 Å². The van der Waals surface area contributed by atoms with E-state index in [0.717, 1.165) is 11.1 Å². The Morgan fingerprint density at radius 1 is 1.00 bits per heavy atom. The summed E-state index contributed by atoms with van der Waals surface area (Å²) in [6.07, 6.45) is -0.532. The molecule has 0 aliphatic rings. The second-order valence-corrected chi connectivity index (χ2v) is 7.18. The highest BCUT2D eigenvalue weighted by Gasteiger charge is 2.29. The Morgan fingerprint density at radius 2 is 1.58 bits per heavy atom. The van der Waals surface area contributed by atoms with E-state index in [9.17, 15) is 14.4 Å². The molecule has 0 saturated heterocycles. The van der Waals surface area contributed by atoms with Crippen molar-refractivity contribution in [3.63, 3.8) is 0 Å². The summed E-state index contributed by atoms with van der Waals surface area (Å²) in [5, 5.41) is 14.0. The maximum atomic E-state index is 12.9. The van der Waals surface area contributed by atoms with Gasteiger partial charge in [0.1, 0.15) is 18.7 Å². The fourth-order valence-corrected chi connectivity index (χ4v) is 2.98. The lowest BCUT2D eigenvalue weighted by atomic mass is 9.97. The molecule has 31 heavy (non-hydrogen) atoms. The zero-order chi connectivity index (χ0) is 22.6. The molecule has 0 aliphatic carbocycles. The van der Waals surface area contributed by atoms with Gasteiger partial charge in [0.15, 0.2) is 0 Å². The summed E-state index contributed by atoms with van der Waals surface area (Å²) in [6.45, 7) is 1.70. The number of nitriles is 1. The summed E-state index contributed by atoms with van der Waals surface area (Å²) in [7, 11) is 0. The van der Waals surface area contributed by atoms with Crippen molar-refractivity contribution in [3.8, 4) is 6.07 Å². The number of rotatable bonds is 10. The second-order valence-electron chi connectivity index (χ2n) is 7.18. The van der Waals surface area contributed by atoms with Gasteiger partial charge in [-0.1, -0.05) is 67.6 Å². The minimum absolute atomic E-state index is 0.0454. The molecule has 0 aliphatic heterocycles. The van der Waals surface area contributed by atoms with Crippen LogP contribution >= 0.6 is 0 Å². The van der Waals surface area contributed by atoms with E-state index in [1.807, 2.05) is 66.7 Å². The van der Waals surface area contributed by atoms with Gasteiger partial charge in [-0.2, -0.15) is 5.26 Å². The van der Waals surface area contributed by atoms with E-state index in [1.54, 1.807) is 6.92 Å². The normalized spacial score (nSPS) is 13.2. The number of nitrogens with one attached hydrogen (secondary N) is 2. The third-order valence-corrected chi connectivity index (χ3v) is 4.69. The summed E-state index contributed by atoms with van der Waals surface area (Å²) in [6, 6.07) is 18.2. The fraction of sp³-hybridized carbons (Fsp3) is 0.304. The molecule has 2 aromatic rings. The zero-order valence-electron chi connectivity index (χ0n) is 17.3. The smallest absolute Gasteiger partial charge is 0.408 e. The molecular formula is C23H26N4O4. The molecule has 0 bridgehead atoms. The molecule has 8 nitrogen and oxygen atoms in total. The van der Waals surface area contributed by atoms with Gasteiger partial charge in [0.25, 0.3) is 0 Å². The van der Waals surface area contributed by atoms with Crippen LogP contribution in [0.4, 0.5) is 4.79 Å². The van der Waals surface area contributed by atoms with Crippen LogP contribution in [0.3, 0.4) is 0 Å². The molecule has 3 amide bonds. The molecule has 2 aromatic carbocycles. The number of nitrogens with two attached hydrogens (primary N) is 1. The maximum absolute atomic E-state index is 12.9. The van der Waals surface area contributed by atoms with Gasteiger partial charge < -0.3 is 21.1 Å². The van der Waals surface area contributed by atoms with Crippen LogP contribution in [0, 0.1) is 17.2 Å². The van der Waals surface area contributed by atoms with E-state index >= 15 is 0 Å². The van der Waals surface area contributed by atoms with Gasteiger partial charge in [-0.15, -0.1) is 0 Å². The Kier molecular flexibility index (Phi) is 9.05. The average Bonchev–Trinajstić information content (AvgIpc) is 2.76. The standard InChI is InChI=1S/C23H26N4O4/c1-16(12-13-24)20(21(25)28)27-22(29)19(14-17-8-4-2-5-9-17)26-23(30)31-15-18-10-6-3-7-11-18/h2-11,16,19-20H,12,14-15H2,1H3,(H2,25,28)(H,26,30)(H,27,29)/t16-,19-,20+/m1/s1. The molecule has 4 N–H and O–H groups in total. The number of nitrogens with zero attached hydrogens (tertiary/aromatic N) is 1. The van der Waals surface area contributed by atoms with Crippen molar-refractivity contribution >= 4 is 17.9 Å². The first-order valence-electron chi connectivity index (χ1n) is 9.88. The molecule has 0 aromatic heterocycles. The summed E-state index contributed by atoms with van der Waals surface area (Å²) in [5.74, 6) is -1.82. The second kappa shape index (κ2) is 12.0. The number of hydrogen-bond acceptors (Lipinski definition) is 5. The SMILES string of the molecule is C[C@H](CC#N)[C@H](NC(=O)[C@@H](Cc1ccccc1)NC(=O)OCc1ccccc1)C(N)=O. The number of amides is 3. The Morgan fingerprint density at radius 3 is 2.13 bits per heavy atom. The molecule has 0 radical (unpaired) electrons. The van der Waals surface area contributed by atoms with Crippen LogP contribution in [0.1, 0.15) is 24.5 Å². The first kappa shape index (κ1) is 23.4. The van der Waals surface area contributed by atoms with E-state index in [0.29, 0.717) is 0 Å². The molecule has 0 heterocycles. The molecule has 8 heteroatoms. The Hall–Kier alpha value is -3.86. The number of ether oxygens (including phenoxy) is 1. The van der Waals surface area contributed by atoms with Crippen molar-refractivity contribution in [3.05, 3.63) is 71.8 Å². The van der Waals surface area contributed by atoms with Gasteiger partial charge in [0.05, 0.1) is 6.07 Å². The van der Waals surface area contributed by atoms with Gasteiger partial charge >= 0.3 is 6.09 Å². The zero-order valence-corrected chi connectivity index (χ0v) is 17.3. The lowest BCUT2D eigenvalue weighted by Crippen LogP contribution is -2.55. The van der Waals surface area contributed by atoms with Crippen LogP contribution in [0.25, 0.3) is 0 Å². The first-order chi connectivity index (χ1) is 14.9. The highest BCUT2D eigenvalue weighted by atomic mass is 16.5. The lowest BCUT2D eigenvalue weighted by molar-refractivity contribution is -0.129. The van der Waals surface area contributed by atoms with Crippen LogP contribution in [0.15, 0.2) is 60.7 Å². The number of primary amides is 1. The van der Waals surface area contributed by atoms with E-state index in [1.165, 1.54) is 0 Å². The van der Waals surface area contributed by atoms with Crippen molar-refractivity contribution < 1.29 is 19.1 Å². The van der Waals surface area contributed by atoms with Gasteiger partial charge in [-0.25, -0.2) is 4.79 Å². The van der Waals surface area contributed by atoms with Crippen LogP contribution in [0.5, 0.6) is 0 Å². The van der Waals surface area contributed by atoms with Crippen LogP contribution in [0.2, 0.25) is 0 Å². The largest absolute Gasteiger partial charge is 0.445 e. The van der Waals surface area contributed by atoms with E-state index < -0.39 is 35.9 Å². The summed E-state index contributed by atoms with van der Waals surface area (Å²) >= 11 is 0. The highest BCUT2D eigenvalue weighted by molar-refractivity contribution is 5.91. The number of carbonyl (C=O) groups is 3. The Balaban J connectivity index is 2.09. The Labute approximate surface area is 181 Å². The van der Waals surface area contributed by atoms with Gasteiger partial charge in [0.2, 0.25) is 11.8 Å². The quantitative estimate of drug-likeness (QED) is 0.539. The van der Waals surface area contributed by atoms with Crippen molar-refractivity contribution in [2.24, 2.45) is 11.7 Å². The van der Waals surface area contributed by atoms with Crippen LogP contribution < -0.4 is 16.4 Å². The summed E-state index contributed by atoms with van der Waals surface area (Å²) in [5.41, 5.74) is 7.03. The molecule has 3 atom stereocenters. The highest BCUT2D eigenvalue weighted by Crippen LogP contribution is 2.10. The molecule has 0 unspecified atom stereocenters. The first-order valence-corrected chi connectivity index (χ1v) is 9.88. The molecular weight excluding hydrogens is 396 g/mol. The maximum Gasteiger partial charge on any atom is 0.408 e. The number of benzene rings is 2. The van der Waals surface area contributed by atoms with Crippen molar-refractivity contribution in [1.29, 1.82) is 5.26 Å². The van der Waals surface area contributed by atoms with Gasteiger partial charge in [0, 0.05) is 12.8 Å². The van der Waals surface area contributed by atoms with Gasteiger partial charge in [-0.3, -0.25) is 9.59 Å². The predicted octanol–water partition coefficient (Wildman–Crippen LogP) is 2.04. The van der Waals surface area contributed by atoms with E-state index in [-0.39, 0.29) is 19.4 Å². The van der Waals surface area contributed by atoms with Crippen LogP contribution in [-0.4, -0.2) is 30.0 Å². The Bertz CT molecular complexity index is 912. The van der Waals surface area contributed by atoms with E-state index in [2.05, 4.69) is 10.6 Å². The minimum atomic E-state index is -1.03. The predicted molar refractivity (Wildman–Crippen MR) is 114 cm³/mol. The lowest BCUT2D eigenvalue weighted by Gasteiger charge is -2.24. The van der Waals surface area contributed by atoms with Crippen molar-refractivity contribution in [1.82, 2.24) is 10.6 Å². The molecule has 0 saturated carbocycles. The van der Waals surface area contributed by atoms with Gasteiger partial charge in [-0.05, 0) is 17.0 Å². The minimum Gasteiger partial charge on any atom is -0.445 e.